The van der Waals surface area contributed by atoms with Gasteiger partial charge in [-0.2, -0.15) is 0 Å². The van der Waals surface area contributed by atoms with Crippen LogP contribution in [0.15, 0.2) is 12.1 Å². The Morgan fingerprint density at radius 1 is 1.28 bits per heavy atom. The first kappa shape index (κ1) is 14.7. The number of ketones is 1. The molecule has 100 valence electrons. The summed E-state index contributed by atoms with van der Waals surface area (Å²) >= 11 is 0. The van der Waals surface area contributed by atoms with Gasteiger partial charge in [0.15, 0.2) is 5.78 Å². The van der Waals surface area contributed by atoms with Crippen LogP contribution >= 0.6 is 0 Å². The van der Waals surface area contributed by atoms with E-state index in [2.05, 4.69) is 0 Å². The van der Waals surface area contributed by atoms with Crippen molar-refractivity contribution in [1.29, 1.82) is 0 Å². The van der Waals surface area contributed by atoms with E-state index in [1.165, 1.54) is 0 Å². The summed E-state index contributed by atoms with van der Waals surface area (Å²) in [4.78, 5) is 12.1. The Kier molecular flexibility index (Phi) is 4.20. The predicted octanol–water partition coefficient (Wildman–Crippen LogP) is 4.23. The molecule has 0 aliphatic heterocycles. The van der Waals surface area contributed by atoms with Crippen LogP contribution in [0, 0.1) is 12.8 Å². The zero-order valence-electron chi connectivity index (χ0n) is 12.3. The number of phenolic OH excluding ortho intramolecular Hbond substituents is 1. The summed E-state index contributed by atoms with van der Waals surface area (Å²) < 4.78 is 0. The highest BCUT2D eigenvalue weighted by Gasteiger charge is 2.23. The molecule has 1 rings (SSSR count). The molecule has 1 N–H and O–H groups in total. The Labute approximate surface area is 110 Å². The molecule has 0 aromatic heterocycles. The van der Waals surface area contributed by atoms with E-state index in [1.807, 2.05) is 47.6 Å². The molecule has 0 saturated carbocycles. The molecule has 0 saturated heterocycles. The SMILES string of the molecule is Cc1cc(C(=O)CC(C)C)c(O)c(C(C)(C)C)c1. The van der Waals surface area contributed by atoms with Gasteiger partial charge in [0.1, 0.15) is 5.75 Å². The largest absolute Gasteiger partial charge is 0.507 e. The van der Waals surface area contributed by atoms with Crippen LogP contribution in [-0.4, -0.2) is 10.9 Å². The molecule has 1 aromatic carbocycles. The fourth-order valence-electron chi connectivity index (χ4n) is 2.04. The number of aryl methyl sites for hydroxylation is 1. The minimum Gasteiger partial charge on any atom is -0.507 e. The van der Waals surface area contributed by atoms with Crippen LogP contribution in [-0.2, 0) is 5.41 Å². The van der Waals surface area contributed by atoms with Crippen molar-refractivity contribution < 1.29 is 9.90 Å². The zero-order valence-corrected chi connectivity index (χ0v) is 12.3. The van der Waals surface area contributed by atoms with E-state index >= 15 is 0 Å². The van der Waals surface area contributed by atoms with Crippen LogP contribution in [0.1, 0.15) is 62.5 Å². The Bertz CT molecular complexity index is 451. The maximum atomic E-state index is 12.1. The third kappa shape index (κ3) is 3.34. The number of hydrogen-bond acceptors (Lipinski definition) is 2. The van der Waals surface area contributed by atoms with Gasteiger partial charge in [-0.1, -0.05) is 40.7 Å². The summed E-state index contributed by atoms with van der Waals surface area (Å²) in [6, 6.07) is 3.75. The van der Waals surface area contributed by atoms with Crippen molar-refractivity contribution >= 4 is 5.78 Å². The second kappa shape index (κ2) is 5.13. The average Bonchev–Trinajstić information content (AvgIpc) is 2.18. The van der Waals surface area contributed by atoms with E-state index in [0.717, 1.165) is 11.1 Å². The second-order valence-electron chi connectivity index (χ2n) is 6.48. The van der Waals surface area contributed by atoms with Crippen LogP contribution in [0.25, 0.3) is 0 Å². The van der Waals surface area contributed by atoms with Gasteiger partial charge in [0.05, 0.1) is 5.56 Å². The molecule has 0 spiro atoms. The number of aromatic hydroxyl groups is 1. The van der Waals surface area contributed by atoms with E-state index in [1.54, 1.807) is 6.07 Å². The number of phenols is 1. The molecule has 0 heterocycles. The quantitative estimate of drug-likeness (QED) is 0.813. The maximum Gasteiger partial charge on any atom is 0.166 e. The summed E-state index contributed by atoms with van der Waals surface area (Å²) in [7, 11) is 0. The molecule has 2 heteroatoms. The number of benzene rings is 1. The van der Waals surface area contributed by atoms with Gasteiger partial charge in [-0.25, -0.2) is 0 Å². The Balaban J connectivity index is 3.30. The van der Waals surface area contributed by atoms with E-state index in [-0.39, 0.29) is 16.9 Å². The van der Waals surface area contributed by atoms with Crippen LogP contribution in [0.5, 0.6) is 5.75 Å². The third-order valence-corrected chi connectivity index (χ3v) is 2.96. The number of Topliss-reactive ketones (excluding diaryl/α,β-unsaturated/α-hetero) is 1. The second-order valence-corrected chi connectivity index (χ2v) is 6.48. The highest BCUT2D eigenvalue weighted by atomic mass is 16.3. The number of hydrogen-bond donors (Lipinski definition) is 1. The Morgan fingerprint density at radius 3 is 2.28 bits per heavy atom. The molecular weight excluding hydrogens is 224 g/mol. The van der Waals surface area contributed by atoms with Crippen molar-refractivity contribution in [2.24, 2.45) is 5.92 Å². The number of rotatable bonds is 3. The lowest BCUT2D eigenvalue weighted by Gasteiger charge is -2.22. The van der Waals surface area contributed by atoms with Crippen molar-refractivity contribution in [3.8, 4) is 5.75 Å². The number of carbonyl (C=O) groups is 1. The van der Waals surface area contributed by atoms with Crippen molar-refractivity contribution in [3.63, 3.8) is 0 Å². The lowest BCUT2D eigenvalue weighted by atomic mass is 9.83. The normalized spacial score (nSPS) is 11.9. The lowest BCUT2D eigenvalue weighted by molar-refractivity contribution is 0.0965. The Hall–Kier alpha value is -1.31. The van der Waals surface area contributed by atoms with E-state index < -0.39 is 0 Å². The van der Waals surface area contributed by atoms with Gasteiger partial charge in [0, 0.05) is 12.0 Å². The fraction of sp³-hybridized carbons (Fsp3) is 0.562. The van der Waals surface area contributed by atoms with Crippen LogP contribution in [0.3, 0.4) is 0 Å². The van der Waals surface area contributed by atoms with Crippen LogP contribution < -0.4 is 0 Å². The first-order chi connectivity index (χ1) is 8.12. The highest BCUT2D eigenvalue weighted by Crippen LogP contribution is 2.35. The molecule has 0 amide bonds. The first-order valence-corrected chi connectivity index (χ1v) is 6.50. The predicted molar refractivity (Wildman–Crippen MR) is 75.3 cm³/mol. The standard InChI is InChI=1S/C16H24O2/c1-10(2)7-14(17)12-8-11(3)9-13(15(12)18)16(4,5)6/h8-10,18H,7H2,1-6H3. The minimum absolute atomic E-state index is 0.0247. The molecule has 2 nitrogen and oxygen atoms in total. The molecule has 0 bridgehead atoms. The van der Waals surface area contributed by atoms with Crippen molar-refractivity contribution in [3.05, 3.63) is 28.8 Å². The summed E-state index contributed by atoms with van der Waals surface area (Å²) in [5.41, 5.74) is 2.16. The summed E-state index contributed by atoms with van der Waals surface area (Å²) in [5, 5.41) is 10.3. The molecule has 0 aliphatic rings. The zero-order chi connectivity index (χ0) is 14.1. The van der Waals surface area contributed by atoms with Crippen molar-refractivity contribution in [2.75, 3.05) is 0 Å². The molecule has 0 unspecified atom stereocenters. The summed E-state index contributed by atoms with van der Waals surface area (Å²) in [6.45, 7) is 12.1. The van der Waals surface area contributed by atoms with Gasteiger partial charge in [-0.05, 0) is 29.9 Å². The molecular formula is C16H24O2. The van der Waals surface area contributed by atoms with Gasteiger partial charge >= 0.3 is 0 Å². The highest BCUT2D eigenvalue weighted by molar-refractivity contribution is 5.99. The molecule has 0 radical (unpaired) electrons. The van der Waals surface area contributed by atoms with Gasteiger partial charge in [0.2, 0.25) is 0 Å². The summed E-state index contributed by atoms with van der Waals surface area (Å²) in [6.07, 6.45) is 0.473. The smallest absolute Gasteiger partial charge is 0.166 e. The van der Waals surface area contributed by atoms with E-state index in [9.17, 15) is 9.90 Å². The van der Waals surface area contributed by atoms with Gasteiger partial charge in [-0.3, -0.25) is 4.79 Å². The lowest BCUT2D eigenvalue weighted by Crippen LogP contribution is -2.14. The Morgan fingerprint density at radius 2 is 1.83 bits per heavy atom. The molecule has 1 aromatic rings. The minimum atomic E-state index is -0.164. The summed E-state index contributed by atoms with van der Waals surface area (Å²) in [5.74, 6) is 0.478. The van der Waals surface area contributed by atoms with Crippen molar-refractivity contribution in [1.82, 2.24) is 0 Å². The van der Waals surface area contributed by atoms with Crippen LogP contribution in [0.2, 0.25) is 0 Å². The maximum absolute atomic E-state index is 12.1. The molecule has 18 heavy (non-hydrogen) atoms. The average molecular weight is 248 g/mol. The third-order valence-electron chi connectivity index (χ3n) is 2.96. The van der Waals surface area contributed by atoms with Gasteiger partial charge in [0.25, 0.3) is 0 Å². The van der Waals surface area contributed by atoms with Gasteiger partial charge < -0.3 is 5.11 Å². The topological polar surface area (TPSA) is 37.3 Å². The monoisotopic (exact) mass is 248 g/mol. The fourth-order valence-corrected chi connectivity index (χ4v) is 2.04. The van der Waals surface area contributed by atoms with Gasteiger partial charge in [-0.15, -0.1) is 0 Å². The number of carbonyl (C=O) groups excluding carboxylic acids is 1. The van der Waals surface area contributed by atoms with Crippen LogP contribution in [0.4, 0.5) is 0 Å². The van der Waals surface area contributed by atoms with E-state index in [4.69, 9.17) is 0 Å². The molecule has 0 aliphatic carbocycles. The van der Waals surface area contributed by atoms with Crippen molar-refractivity contribution in [2.45, 2.75) is 53.4 Å². The first-order valence-electron chi connectivity index (χ1n) is 6.50. The molecule has 0 atom stereocenters. The molecule has 0 fully saturated rings. The van der Waals surface area contributed by atoms with E-state index in [0.29, 0.717) is 17.9 Å².